The number of carbonyl (C=O) groups is 2. The minimum absolute atomic E-state index is 0.0116. The summed E-state index contributed by atoms with van der Waals surface area (Å²) in [5.41, 5.74) is 1.34. The molecule has 4 rings (SSSR count). The van der Waals surface area contributed by atoms with Gasteiger partial charge in [0.15, 0.2) is 0 Å². The summed E-state index contributed by atoms with van der Waals surface area (Å²) in [5.74, 6) is -0.239. The van der Waals surface area contributed by atoms with Crippen molar-refractivity contribution in [1.29, 1.82) is 0 Å². The van der Waals surface area contributed by atoms with Crippen LogP contribution in [0.5, 0.6) is 5.75 Å². The predicted octanol–water partition coefficient (Wildman–Crippen LogP) is 4.87. The highest BCUT2D eigenvalue weighted by molar-refractivity contribution is 6.46. The van der Waals surface area contributed by atoms with Gasteiger partial charge in [0.2, 0.25) is 0 Å². The Labute approximate surface area is 188 Å². The van der Waals surface area contributed by atoms with Gasteiger partial charge in [-0.25, -0.2) is 0 Å². The van der Waals surface area contributed by atoms with E-state index in [0.717, 1.165) is 37.7 Å². The van der Waals surface area contributed by atoms with Gasteiger partial charge >= 0.3 is 0 Å². The Balaban J connectivity index is 1.73. The first-order valence-electron chi connectivity index (χ1n) is 11.4. The van der Waals surface area contributed by atoms with Gasteiger partial charge in [0.05, 0.1) is 18.2 Å². The molecular weight excluding hydrogens is 404 g/mol. The molecule has 1 amide bonds. The van der Waals surface area contributed by atoms with Gasteiger partial charge in [-0.15, -0.1) is 0 Å². The topological polar surface area (TPSA) is 79.7 Å². The van der Waals surface area contributed by atoms with E-state index < -0.39 is 17.7 Å². The third-order valence-corrected chi connectivity index (χ3v) is 6.16. The number of nitrogens with zero attached hydrogens (tertiary/aromatic N) is 2. The molecule has 6 nitrogen and oxygen atoms in total. The number of hydrogen-bond donors (Lipinski definition) is 1. The number of pyridine rings is 1. The molecule has 1 N–H and O–H groups in total. The van der Waals surface area contributed by atoms with E-state index in [1.807, 2.05) is 6.07 Å². The molecule has 2 fully saturated rings. The van der Waals surface area contributed by atoms with Gasteiger partial charge in [0, 0.05) is 24.0 Å². The zero-order chi connectivity index (χ0) is 22.7. The summed E-state index contributed by atoms with van der Waals surface area (Å²) < 4.78 is 5.72. The minimum Gasteiger partial charge on any atom is -0.507 e. The van der Waals surface area contributed by atoms with Crippen LogP contribution in [0.2, 0.25) is 0 Å². The number of aliphatic hydroxyl groups excluding tert-OH is 1. The molecule has 1 aromatic heterocycles. The number of ether oxygens (including phenoxy) is 1. The molecule has 32 heavy (non-hydrogen) atoms. The van der Waals surface area contributed by atoms with Crippen molar-refractivity contribution in [2.45, 2.75) is 58.0 Å². The van der Waals surface area contributed by atoms with Crippen LogP contribution in [0.4, 0.5) is 0 Å². The Hall–Kier alpha value is -3.15. The molecule has 6 heteroatoms. The van der Waals surface area contributed by atoms with Crippen molar-refractivity contribution in [3.63, 3.8) is 0 Å². The van der Waals surface area contributed by atoms with E-state index in [0.29, 0.717) is 23.8 Å². The number of likely N-dealkylation sites (tertiary alicyclic amines) is 1. The van der Waals surface area contributed by atoms with E-state index in [-0.39, 0.29) is 17.4 Å². The lowest BCUT2D eigenvalue weighted by atomic mass is 9.91. The maximum absolute atomic E-state index is 13.1. The van der Waals surface area contributed by atoms with E-state index in [1.165, 1.54) is 0 Å². The lowest BCUT2D eigenvalue weighted by Crippen LogP contribution is -2.40. The fourth-order valence-corrected chi connectivity index (χ4v) is 4.58. The van der Waals surface area contributed by atoms with Crippen molar-refractivity contribution < 1.29 is 19.4 Å². The maximum Gasteiger partial charge on any atom is 0.295 e. The number of aromatic nitrogens is 1. The molecule has 1 aliphatic heterocycles. The molecule has 1 unspecified atom stereocenters. The van der Waals surface area contributed by atoms with Crippen LogP contribution >= 0.6 is 0 Å². The summed E-state index contributed by atoms with van der Waals surface area (Å²) in [6.07, 6.45) is 8.27. The first-order valence-corrected chi connectivity index (χ1v) is 11.4. The average Bonchev–Trinajstić information content (AvgIpc) is 3.09. The normalized spacial score (nSPS) is 21.3. The number of benzene rings is 1. The average molecular weight is 435 g/mol. The van der Waals surface area contributed by atoms with Crippen LogP contribution in [0.15, 0.2) is 54.4 Å². The van der Waals surface area contributed by atoms with E-state index in [2.05, 4.69) is 18.8 Å². The number of Topliss-reactive ketones (excluding diaryl/α,β-unsaturated/α-hetero) is 1. The van der Waals surface area contributed by atoms with Crippen molar-refractivity contribution >= 4 is 17.4 Å². The fraction of sp³-hybridized carbons (Fsp3) is 0.423. The first kappa shape index (κ1) is 22.1. The van der Waals surface area contributed by atoms with Crippen LogP contribution in [-0.2, 0) is 9.59 Å². The smallest absolute Gasteiger partial charge is 0.295 e. The number of rotatable bonds is 6. The summed E-state index contributed by atoms with van der Waals surface area (Å²) in [6.45, 7) is 4.74. The summed E-state index contributed by atoms with van der Waals surface area (Å²) in [4.78, 5) is 32.2. The molecule has 168 valence electrons. The second kappa shape index (κ2) is 9.55. The third kappa shape index (κ3) is 4.40. The molecule has 1 saturated heterocycles. The Morgan fingerprint density at radius 1 is 1.12 bits per heavy atom. The number of hydrogen-bond acceptors (Lipinski definition) is 5. The largest absolute Gasteiger partial charge is 0.507 e. The molecule has 1 aliphatic carbocycles. The number of carbonyl (C=O) groups excluding carboxylic acids is 2. The van der Waals surface area contributed by atoms with Gasteiger partial charge < -0.3 is 14.7 Å². The quantitative estimate of drug-likeness (QED) is 0.399. The van der Waals surface area contributed by atoms with Crippen molar-refractivity contribution in [2.75, 3.05) is 6.61 Å². The molecule has 0 radical (unpaired) electrons. The zero-order valence-electron chi connectivity index (χ0n) is 18.7. The number of ketones is 1. The monoisotopic (exact) mass is 434 g/mol. The van der Waals surface area contributed by atoms with Gasteiger partial charge in [-0.3, -0.25) is 14.6 Å². The van der Waals surface area contributed by atoms with Crippen molar-refractivity contribution in [1.82, 2.24) is 9.88 Å². The molecular formula is C26H30N2O4. The highest BCUT2D eigenvalue weighted by atomic mass is 16.5. The minimum atomic E-state index is -0.637. The van der Waals surface area contributed by atoms with Crippen molar-refractivity contribution in [2.24, 2.45) is 5.92 Å². The van der Waals surface area contributed by atoms with E-state index in [9.17, 15) is 14.7 Å². The molecule has 1 aromatic carbocycles. The van der Waals surface area contributed by atoms with Gasteiger partial charge in [0.1, 0.15) is 11.5 Å². The molecule has 2 aromatic rings. The maximum atomic E-state index is 13.1. The van der Waals surface area contributed by atoms with Crippen molar-refractivity contribution in [3.05, 3.63) is 65.5 Å². The summed E-state index contributed by atoms with van der Waals surface area (Å²) in [7, 11) is 0. The highest BCUT2D eigenvalue weighted by Crippen LogP contribution is 2.42. The van der Waals surface area contributed by atoms with Gasteiger partial charge in [0.25, 0.3) is 11.7 Å². The SMILES string of the molecule is CC(C)COc1ccc(/C(O)=C2/C(=O)C(=O)N(C3CCCCC3)C2c2cccnc2)cc1. The van der Waals surface area contributed by atoms with Gasteiger partial charge in [-0.2, -0.15) is 0 Å². The highest BCUT2D eigenvalue weighted by Gasteiger charge is 2.48. The van der Waals surface area contributed by atoms with E-state index in [4.69, 9.17) is 4.74 Å². The van der Waals surface area contributed by atoms with Crippen LogP contribution in [-0.4, -0.2) is 39.3 Å². The second-order valence-electron chi connectivity index (χ2n) is 9.01. The number of aliphatic hydroxyl groups is 1. The Bertz CT molecular complexity index is 992. The predicted molar refractivity (Wildman–Crippen MR) is 122 cm³/mol. The van der Waals surface area contributed by atoms with Crippen LogP contribution in [0.3, 0.4) is 0 Å². The molecule has 2 heterocycles. The fourth-order valence-electron chi connectivity index (χ4n) is 4.58. The molecule has 1 saturated carbocycles. The second-order valence-corrected chi connectivity index (χ2v) is 9.01. The van der Waals surface area contributed by atoms with Crippen molar-refractivity contribution in [3.8, 4) is 5.75 Å². The Kier molecular flexibility index (Phi) is 6.58. The molecule has 0 bridgehead atoms. The summed E-state index contributed by atoms with van der Waals surface area (Å²) >= 11 is 0. The number of amides is 1. The Morgan fingerprint density at radius 3 is 2.47 bits per heavy atom. The molecule has 2 aliphatic rings. The summed E-state index contributed by atoms with van der Waals surface area (Å²) in [5, 5.41) is 11.2. The summed E-state index contributed by atoms with van der Waals surface area (Å²) in [6, 6.07) is 9.98. The van der Waals surface area contributed by atoms with Gasteiger partial charge in [-0.05, 0) is 54.7 Å². The van der Waals surface area contributed by atoms with Crippen LogP contribution in [0, 0.1) is 5.92 Å². The van der Waals surface area contributed by atoms with Crippen LogP contribution in [0.25, 0.3) is 5.76 Å². The van der Waals surface area contributed by atoms with E-state index in [1.54, 1.807) is 47.6 Å². The van der Waals surface area contributed by atoms with Crippen LogP contribution in [0.1, 0.15) is 63.1 Å². The molecule has 0 spiro atoms. The third-order valence-electron chi connectivity index (χ3n) is 6.16. The van der Waals surface area contributed by atoms with E-state index >= 15 is 0 Å². The lowest BCUT2D eigenvalue weighted by Gasteiger charge is -2.35. The zero-order valence-corrected chi connectivity index (χ0v) is 18.7. The Morgan fingerprint density at radius 2 is 1.84 bits per heavy atom. The first-order chi connectivity index (χ1) is 15.5. The molecule has 1 atom stereocenters. The standard InChI is InChI=1S/C26H30N2O4/c1-17(2)16-32-21-12-10-18(11-13-21)24(29)22-23(19-7-6-14-27-15-19)28(26(31)25(22)30)20-8-4-3-5-9-20/h6-7,10-15,17,20,23,29H,3-5,8-9,16H2,1-2H3/b24-22-. The van der Waals surface area contributed by atoms with Gasteiger partial charge in [-0.1, -0.05) is 39.2 Å². The van der Waals surface area contributed by atoms with Crippen LogP contribution < -0.4 is 4.74 Å². The lowest BCUT2D eigenvalue weighted by molar-refractivity contribution is -0.141.